The van der Waals surface area contributed by atoms with Gasteiger partial charge in [0.15, 0.2) is 0 Å². The predicted molar refractivity (Wildman–Crippen MR) is 141 cm³/mol. The van der Waals surface area contributed by atoms with E-state index in [4.69, 9.17) is 16.3 Å². The standard InChI is InChI=1S/C25H19BrClIN2O2/c1-15-4-3-5-17(8-15)14-32-24-21(26)10-18(11-22(24)28)9-19(13-29)25(31)30-23-12-20(27)7-6-16(23)2/h3-12H,14H2,1-2H3,(H,30,31)/b19-9+. The predicted octanol–water partition coefficient (Wildman–Crippen LogP) is 7.45. The van der Waals surface area contributed by atoms with Gasteiger partial charge in [0.2, 0.25) is 0 Å². The number of nitrogens with zero attached hydrogens (tertiary/aromatic N) is 1. The molecular formula is C25H19BrClIN2O2. The number of carbonyl (C=O) groups excluding carboxylic acids is 1. The third-order valence-corrected chi connectivity index (χ3v) is 6.24. The smallest absolute Gasteiger partial charge is 0.266 e. The van der Waals surface area contributed by atoms with E-state index in [1.165, 1.54) is 5.56 Å². The molecule has 0 aromatic heterocycles. The van der Waals surface area contributed by atoms with Crippen LogP contribution in [0.1, 0.15) is 22.3 Å². The summed E-state index contributed by atoms with van der Waals surface area (Å²) in [7, 11) is 0. The number of amides is 1. The Balaban J connectivity index is 1.79. The number of halogens is 3. The largest absolute Gasteiger partial charge is 0.487 e. The fourth-order valence-corrected chi connectivity index (χ4v) is 4.93. The van der Waals surface area contributed by atoms with Crippen molar-refractivity contribution in [2.45, 2.75) is 20.5 Å². The lowest BCUT2D eigenvalue weighted by Crippen LogP contribution is -2.14. The number of rotatable bonds is 6. The van der Waals surface area contributed by atoms with Gasteiger partial charge in [-0.25, -0.2) is 0 Å². The molecule has 0 unspecified atom stereocenters. The van der Waals surface area contributed by atoms with E-state index in [0.717, 1.165) is 19.2 Å². The van der Waals surface area contributed by atoms with Crippen molar-refractivity contribution in [2.75, 3.05) is 5.32 Å². The highest BCUT2D eigenvalue weighted by Crippen LogP contribution is 2.33. The Hall–Kier alpha value is -2.34. The molecule has 32 heavy (non-hydrogen) atoms. The number of nitriles is 1. The van der Waals surface area contributed by atoms with Gasteiger partial charge in [-0.1, -0.05) is 47.5 Å². The molecule has 0 spiro atoms. The van der Waals surface area contributed by atoms with E-state index in [2.05, 4.69) is 49.9 Å². The van der Waals surface area contributed by atoms with E-state index in [-0.39, 0.29) is 5.57 Å². The molecule has 0 heterocycles. The third-order valence-electron chi connectivity index (χ3n) is 4.61. The third kappa shape index (κ3) is 6.35. The van der Waals surface area contributed by atoms with Crippen molar-refractivity contribution < 1.29 is 9.53 Å². The van der Waals surface area contributed by atoms with Crippen molar-refractivity contribution in [1.82, 2.24) is 0 Å². The van der Waals surface area contributed by atoms with E-state index < -0.39 is 5.91 Å². The van der Waals surface area contributed by atoms with Crippen LogP contribution in [0.25, 0.3) is 6.08 Å². The minimum Gasteiger partial charge on any atom is -0.487 e. The van der Waals surface area contributed by atoms with E-state index in [0.29, 0.717) is 28.6 Å². The maximum absolute atomic E-state index is 12.7. The van der Waals surface area contributed by atoms with Crippen LogP contribution in [0.2, 0.25) is 5.02 Å². The molecule has 4 nitrogen and oxygen atoms in total. The molecule has 0 saturated carbocycles. The Morgan fingerprint density at radius 1 is 1.22 bits per heavy atom. The van der Waals surface area contributed by atoms with E-state index >= 15 is 0 Å². The Labute approximate surface area is 214 Å². The van der Waals surface area contributed by atoms with Gasteiger partial charge >= 0.3 is 0 Å². The van der Waals surface area contributed by atoms with Crippen LogP contribution in [-0.4, -0.2) is 5.91 Å². The van der Waals surface area contributed by atoms with Crippen LogP contribution in [0, 0.1) is 28.7 Å². The van der Waals surface area contributed by atoms with Crippen molar-refractivity contribution in [3.05, 3.63) is 95.5 Å². The number of anilines is 1. The summed E-state index contributed by atoms with van der Waals surface area (Å²) >= 11 is 11.7. The summed E-state index contributed by atoms with van der Waals surface area (Å²) in [6.07, 6.45) is 1.55. The highest BCUT2D eigenvalue weighted by molar-refractivity contribution is 14.1. The van der Waals surface area contributed by atoms with Crippen LogP contribution in [0.4, 0.5) is 5.69 Å². The first-order valence-electron chi connectivity index (χ1n) is 9.63. The van der Waals surface area contributed by atoms with Crippen molar-refractivity contribution >= 4 is 67.8 Å². The number of carbonyl (C=O) groups is 1. The number of ether oxygens (including phenoxy) is 1. The zero-order chi connectivity index (χ0) is 23.3. The lowest BCUT2D eigenvalue weighted by atomic mass is 10.1. The van der Waals surface area contributed by atoms with Crippen LogP contribution in [0.3, 0.4) is 0 Å². The first kappa shape index (κ1) is 24.3. The molecule has 0 aliphatic rings. The van der Waals surface area contributed by atoms with Crippen LogP contribution in [0.15, 0.2) is 64.6 Å². The highest BCUT2D eigenvalue weighted by atomic mass is 127. The van der Waals surface area contributed by atoms with E-state index in [9.17, 15) is 10.1 Å². The first-order chi connectivity index (χ1) is 15.3. The van der Waals surface area contributed by atoms with Gasteiger partial charge in [0.05, 0.1) is 8.04 Å². The van der Waals surface area contributed by atoms with Crippen LogP contribution in [0.5, 0.6) is 5.75 Å². The molecule has 1 amide bonds. The summed E-state index contributed by atoms with van der Waals surface area (Å²) in [5.41, 5.74) is 4.37. The molecule has 7 heteroatoms. The van der Waals surface area contributed by atoms with Gasteiger partial charge in [0, 0.05) is 10.7 Å². The monoisotopic (exact) mass is 620 g/mol. The van der Waals surface area contributed by atoms with Gasteiger partial charge in [0.25, 0.3) is 5.91 Å². The molecule has 0 bridgehead atoms. The second-order valence-corrected chi connectivity index (χ2v) is 9.63. The molecule has 3 aromatic rings. The van der Waals surface area contributed by atoms with Crippen molar-refractivity contribution in [1.29, 1.82) is 5.26 Å². The average Bonchev–Trinajstić information content (AvgIpc) is 2.74. The second-order valence-electron chi connectivity index (χ2n) is 7.17. The summed E-state index contributed by atoms with van der Waals surface area (Å²) in [6.45, 7) is 4.34. The molecule has 0 fully saturated rings. The Bertz CT molecular complexity index is 1230. The van der Waals surface area contributed by atoms with Crippen molar-refractivity contribution in [3.63, 3.8) is 0 Å². The topological polar surface area (TPSA) is 62.1 Å². The summed E-state index contributed by atoms with van der Waals surface area (Å²) in [5, 5.41) is 12.8. The average molecular weight is 622 g/mol. The van der Waals surface area contributed by atoms with Gasteiger partial charge in [-0.3, -0.25) is 4.79 Å². The molecule has 162 valence electrons. The molecule has 0 radical (unpaired) electrons. The second kappa shape index (κ2) is 11.0. The fourth-order valence-electron chi connectivity index (χ4n) is 2.99. The fraction of sp³-hybridized carbons (Fsp3) is 0.120. The van der Waals surface area contributed by atoms with Gasteiger partial charge in [0.1, 0.15) is 24.0 Å². The molecule has 3 aromatic carbocycles. The minimum atomic E-state index is -0.497. The van der Waals surface area contributed by atoms with Crippen molar-refractivity contribution in [3.8, 4) is 11.8 Å². The SMILES string of the molecule is Cc1cccc(COc2c(Br)cc(/C=C(\C#N)C(=O)Nc3cc(Cl)ccc3C)cc2I)c1. The lowest BCUT2D eigenvalue weighted by Gasteiger charge is -2.12. The Kier molecular flexibility index (Phi) is 8.35. The number of benzene rings is 3. The number of hydrogen-bond acceptors (Lipinski definition) is 3. The van der Waals surface area contributed by atoms with Crippen LogP contribution >= 0.6 is 50.1 Å². The Morgan fingerprint density at radius 3 is 2.69 bits per heavy atom. The molecule has 3 rings (SSSR count). The maximum atomic E-state index is 12.7. The summed E-state index contributed by atoms with van der Waals surface area (Å²) in [6, 6.07) is 19.0. The molecule has 0 atom stereocenters. The molecule has 0 aliphatic heterocycles. The highest BCUT2D eigenvalue weighted by Gasteiger charge is 2.14. The molecule has 1 N–H and O–H groups in total. The number of aryl methyl sites for hydroxylation is 2. The lowest BCUT2D eigenvalue weighted by molar-refractivity contribution is -0.112. The minimum absolute atomic E-state index is 0.0134. The van der Waals surface area contributed by atoms with Crippen LogP contribution < -0.4 is 10.1 Å². The Morgan fingerprint density at radius 2 is 2.00 bits per heavy atom. The van der Waals surface area contributed by atoms with E-state index in [1.54, 1.807) is 18.2 Å². The quantitative estimate of drug-likeness (QED) is 0.177. The number of nitrogens with one attached hydrogen (secondary N) is 1. The molecule has 0 saturated heterocycles. The van der Waals surface area contributed by atoms with Gasteiger partial charge < -0.3 is 10.1 Å². The zero-order valence-electron chi connectivity index (χ0n) is 17.4. The van der Waals surface area contributed by atoms with Crippen LogP contribution in [-0.2, 0) is 11.4 Å². The molecular weight excluding hydrogens is 603 g/mol. The van der Waals surface area contributed by atoms with E-state index in [1.807, 2.05) is 56.3 Å². The maximum Gasteiger partial charge on any atom is 0.266 e. The van der Waals surface area contributed by atoms with Gasteiger partial charge in [-0.15, -0.1) is 0 Å². The normalized spacial score (nSPS) is 11.1. The first-order valence-corrected chi connectivity index (χ1v) is 11.9. The summed E-state index contributed by atoms with van der Waals surface area (Å²) in [4.78, 5) is 12.7. The van der Waals surface area contributed by atoms with Gasteiger partial charge in [-0.2, -0.15) is 5.26 Å². The summed E-state index contributed by atoms with van der Waals surface area (Å²) < 4.78 is 7.62. The zero-order valence-corrected chi connectivity index (χ0v) is 21.9. The summed E-state index contributed by atoms with van der Waals surface area (Å²) in [5.74, 6) is 0.213. The number of hydrogen-bond donors (Lipinski definition) is 1. The van der Waals surface area contributed by atoms with Gasteiger partial charge in [-0.05, 0) is 99.4 Å². The molecule has 0 aliphatic carbocycles. The van der Waals surface area contributed by atoms with Crippen molar-refractivity contribution in [2.24, 2.45) is 0 Å².